The Morgan fingerprint density at radius 3 is 2.60 bits per heavy atom. The Bertz CT molecular complexity index is 820. The normalized spacial score (nSPS) is 11.0. The number of phenols is 1. The zero-order valence-corrected chi connectivity index (χ0v) is 14.3. The van der Waals surface area contributed by atoms with E-state index in [-0.39, 0.29) is 17.7 Å². The van der Waals surface area contributed by atoms with Gasteiger partial charge in [0.25, 0.3) is 5.91 Å². The molecule has 1 aromatic carbocycles. The number of carbonyl (C=O) groups excluding carboxylic acids is 1. The highest BCUT2D eigenvalue weighted by molar-refractivity contribution is 5.92. The smallest absolute Gasteiger partial charge is 0.274 e. The van der Waals surface area contributed by atoms with E-state index in [1.54, 1.807) is 54.0 Å². The van der Waals surface area contributed by atoms with Crippen LogP contribution in [0.15, 0.2) is 59.6 Å². The number of benzene rings is 1. The molecule has 0 aliphatic heterocycles. The maximum Gasteiger partial charge on any atom is 0.274 e. The van der Waals surface area contributed by atoms with Crippen LogP contribution in [0.3, 0.4) is 0 Å². The Morgan fingerprint density at radius 1 is 1.24 bits per heavy atom. The second-order valence-electron chi connectivity index (χ2n) is 6.21. The summed E-state index contributed by atoms with van der Waals surface area (Å²) in [6.07, 6.45) is 5.02. The van der Waals surface area contributed by atoms with Crippen molar-refractivity contribution < 1.29 is 14.3 Å². The number of rotatable bonds is 6. The molecule has 1 amide bonds. The van der Waals surface area contributed by atoms with Gasteiger partial charge in [-0.1, -0.05) is 12.1 Å². The zero-order chi connectivity index (χ0) is 17.8. The van der Waals surface area contributed by atoms with E-state index in [2.05, 4.69) is 4.98 Å². The van der Waals surface area contributed by atoms with Gasteiger partial charge >= 0.3 is 0 Å². The number of amides is 1. The molecule has 2 aromatic heterocycles. The first-order valence-electron chi connectivity index (χ1n) is 8.16. The standard InChI is InChI=1S/C19H21N3O3/c1-14(2)22-12-18(20-13-22)19(24)21(11-17-4-3-9-25-17)10-15-5-7-16(23)8-6-15/h3-9,12-14,23H,10-11H2,1-2H3. The van der Waals surface area contributed by atoms with Gasteiger partial charge in [-0.05, 0) is 43.7 Å². The van der Waals surface area contributed by atoms with Crippen LogP contribution >= 0.6 is 0 Å². The molecule has 0 atom stereocenters. The maximum atomic E-state index is 12.9. The first kappa shape index (κ1) is 16.8. The average Bonchev–Trinajstić information content (AvgIpc) is 3.27. The van der Waals surface area contributed by atoms with Crippen molar-refractivity contribution in [3.8, 4) is 5.75 Å². The van der Waals surface area contributed by atoms with Crippen LogP contribution in [0.4, 0.5) is 0 Å². The van der Waals surface area contributed by atoms with Crippen LogP contribution in [0.25, 0.3) is 0 Å². The number of carbonyl (C=O) groups is 1. The van der Waals surface area contributed by atoms with Crippen LogP contribution in [0.2, 0.25) is 0 Å². The molecular weight excluding hydrogens is 318 g/mol. The number of nitrogens with zero attached hydrogens (tertiary/aromatic N) is 3. The van der Waals surface area contributed by atoms with E-state index >= 15 is 0 Å². The summed E-state index contributed by atoms with van der Waals surface area (Å²) in [4.78, 5) is 18.9. The minimum atomic E-state index is -0.163. The summed E-state index contributed by atoms with van der Waals surface area (Å²) < 4.78 is 7.29. The van der Waals surface area contributed by atoms with Gasteiger partial charge in [0.2, 0.25) is 0 Å². The van der Waals surface area contributed by atoms with Crippen LogP contribution < -0.4 is 0 Å². The highest BCUT2D eigenvalue weighted by atomic mass is 16.3. The van der Waals surface area contributed by atoms with Gasteiger partial charge in [0.15, 0.2) is 0 Å². The molecule has 2 heterocycles. The molecule has 0 unspecified atom stereocenters. The fourth-order valence-electron chi connectivity index (χ4n) is 2.50. The summed E-state index contributed by atoms with van der Waals surface area (Å²) in [5.41, 5.74) is 1.32. The Balaban J connectivity index is 1.83. The zero-order valence-electron chi connectivity index (χ0n) is 14.3. The maximum absolute atomic E-state index is 12.9. The van der Waals surface area contributed by atoms with Crippen LogP contribution in [-0.2, 0) is 13.1 Å². The first-order chi connectivity index (χ1) is 12.0. The first-order valence-corrected chi connectivity index (χ1v) is 8.16. The molecule has 0 spiro atoms. The number of aromatic hydroxyl groups is 1. The van der Waals surface area contributed by atoms with Crippen molar-refractivity contribution in [1.29, 1.82) is 0 Å². The summed E-state index contributed by atoms with van der Waals surface area (Å²) >= 11 is 0. The molecule has 0 aliphatic carbocycles. The molecule has 0 saturated carbocycles. The molecule has 0 saturated heterocycles. The minimum Gasteiger partial charge on any atom is -0.508 e. The number of aromatic nitrogens is 2. The molecule has 25 heavy (non-hydrogen) atoms. The monoisotopic (exact) mass is 339 g/mol. The number of hydrogen-bond donors (Lipinski definition) is 1. The van der Waals surface area contributed by atoms with Crippen LogP contribution in [-0.4, -0.2) is 25.5 Å². The molecule has 6 nitrogen and oxygen atoms in total. The second kappa shape index (κ2) is 7.25. The van der Waals surface area contributed by atoms with Crippen molar-refractivity contribution in [1.82, 2.24) is 14.5 Å². The van der Waals surface area contributed by atoms with Gasteiger partial charge in [-0.15, -0.1) is 0 Å². The molecule has 1 N–H and O–H groups in total. The molecule has 130 valence electrons. The van der Waals surface area contributed by atoms with Gasteiger partial charge in [0, 0.05) is 18.8 Å². The summed E-state index contributed by atoms with van der Waals surface area (Å²) in [6, 6.07) is 10.7. The highest BCUT2D eigenvalue weighted by Crippen LogP contribution is 2.17. The van der Waals surface area contributed by atoms with Crippen LogP contribution in [0.5, 0.6) is 5.75 Å². The number of phenolic OH excluding ortho intramolecular Hbond substituents is 1. The average molecular weight is 339 g/mol. The van der Waals surface area contributed by atoms with Crippen molar-refractivity contribution in [3.05, 3.63) is 72.2 Å². The molecule has 0 aliphatic rings. The number of furan rings is 1. The third-order valence-corrected chi connectivity index (χ3v) is 3.94. The van der Waals surface area contributed by atoms with E-state index in [9.17, 15) is 9.90 Å². The number of imidazole rings is 1. The lowest BCUT2D eigenvalue weighted by Gasteiger charge is -2.21. The van der Waals surface area contributed by atoms with Gasteiger partial charge in [-0.25, -0.2) is 4.98 Å². The molecule has 3 aromatic rings. The predicted molar refractivity (Wildman–Crippen MR) is 93.0 cm³/mol. The van der Waals surface area contributed by atoms with E-state index in [1.165, 1.54) is 0 Å². The van der Waals surface area contributed by atoms with Crippen molar-refractivity contribution in [2.45, 2.75) is 33.0 Å². The van der Waals surface area contributed by atoms with Crippen molar-refractivity contribution in [2.75, 3.05) is 0 Å². The van der Waals surface area contributed by atoms with Crippen LogP contribution in [0.1, 0.15) is 41.7 Å². The Kier molecular flexibility index (Phi) is 4.88. The minimum absolute atomic E-state index is 0.163. The van der Waals surface area contributed by atoms with E-state index in [0.717, 1.165) is 5.56 Å². The lowest BCUT2D eigenvalue weighted by molar-refractivity contribution is 0.0712. The molecule has 3 rings (SSSR count). The highest BCUT2D eigenvalue weighted by Gasteiger charge is 2.20. The molecular formula is C19H21N3O3. The third kappa shape index (κ3) is 4.09. The van der Waals surface area contributed by atoms with E-state index in [0.29, 0.717) is 24.5 Å². The molecule has 0 fully saturated rings. The van der Waals surface area contributed by atoms with E-state index in [4.69, 9.17) is 4.42 Å². The third-order valence-electron chi connectivity index (χ3n) is 3.94. The molecule has 0 bridgehead atoms. The van der Waals surface area contributed by atoms with Crippen molar-refractivity contribution in [2.24, 2.45) is 0 Å². The topological polar surface area (TPSA) is 71.5 Å². The summed E-state index contributed by atoms with van der Waals surface area (Å²) in [6.45, 7) is 4.82. The Labute approximate surface area is 146 Å². The summed E-state index contributed by atoms with van der Waals surface area (Å²) in [5, 5.41) is 9.43. The van der Waals surface area contributed by atoms with Crippen molar-refractivity contribution in [3.63, 3.8) is 0 Å². The summed E-state index contributed by atoms with van der Waals surface area (Å²) in [7, 11) is 0. The Morgan fingerprint density at radius 2 is 2.00 bits per heavy atom. The largest absolute Gasteiger partial charge is 0.508 e. The predicted octanol–water partition coefficient (Wildman–Crippen LogP) is 3.61. The van der Waals surface area contributed by atoms with Gasteiger partial charge in [0.05, 0.1) is 19.1 Å². The molecule has 0 radical (unpaired) electrons. The number of hydrogen-bond acceptors (Lipinski definition) is 4. The van der Waals surface area contributed by atoms with E-state index in [1.807, 2.05) is 24.5 Å². The van der Waals surface area contributed by atoms with Gasteiger partial charge < -0.3 is 19.0 Å². The van der Waals surface area contributed by atoms with Crippen molar-refractivity contribution >= 4 is 5.91 Å². The fraction of sp³-hybridized carbons (Fsp3) is 0.263. The Hall–Kier alpha value is -3.02. The fourth-order valence-corrected chi connectivity index (χ4v) is 2.50. The van der Waals surface area contributed by atoms with E-state index < -0.39 is 0 Å². The molecule has 6 heteroatoms. The lowest BCUT2D eigenvalue weighted by atomic mass is 10.2. The quantitative estimate of drug-likeness (QED) is 0.745. The SMILES string of the molecule is CC(C)n1cnc(C(=O)N(Cc2ccc(O)cc2)Cc2ccco2)c1. The summed E-state index contributed by atoms with van der Waals surface area (Å²) in [5.74, 6) is 0.739. The second-order valence-corrected chi connectivity index (χ2v) is 6.21. The lowest BCUT2D eigenvalue weighted by Crippen LogP contribution is -2.30. The van der Waals surface area contributed by atoms with Crippen LogP contribution in [0, 0.1) is 0 Å². The van der Waals surface area contributed by atoms with Gasteiger partial charge in [0.1, 0.15) is 17.2 Å². The van der Waals surface area contributed by atoms with Gasteiger partial charge in [-0.3, -0.25) is 4.79 Å². The van der Waals surface area contributed by atoms with Gasteiger partial charge in [-0.2, -0.15) is 0 Å².